The predicted molar refractivity (Wildman–Crippen MR) is 74.1 cm³/mol. The maximum atomic E-state index is 11.4. The van der Waals surface area contributed by atoms with Gasteiger partial charge in [0.1, 0.15) is 5.75 Å². The molecule has 0 unspecified atom stereocenters. The number of carboxylic acids is 1. The molecule has 0 aliphatic carbocycles. The van der Waals surface area contributed by atoms with Crippen molar-refractivity contribution in [2.45, 2.75) is 33.1 Å². The Kier molecular flexibility index (Phi) is 6.35. The Hall–Kier alpha value is -1.56. The van der Waals surface area contributed by atoms with Crippen molar-refractivity contribution in [3.8, 4) is 5.75 Å². The zero-order valence-electron chi connectivity index (χ0n) is 11.2. The molecule has 0 bridgehead atoms. The smallest absolute Gasteiger partial charge is 0.349 e. The van der Waals surface area contributed by atoms with Crippen LogP contribution < -0.4 is 10.1 Å². The molecule has 6 heteroatoms. The molecule has 0 atom stereocenters. The molecule has 5 nitrogen and oxygen atoms in total. The Labute approximate surface area is 116 Å². The lowest BCUT2D eigenvalue weighted by Crippen LogP contribution is -2.29. The fraction of sp³-hybridized carbons (Fsp3) is 0.538. The number of carboxylic acid groups (broad SMARTS) is 1. The molecule has 0 saturated carbocycles. The summed E-state index contributed by atoms with van der Waals surface area (Å²) in [5.74, 6) is -0.967. The van der Waals surface area contributed by atoms with E-state index in [9.17, 15) is 9.59 Å². The highest BCUT2D eigenvalue weighted by atomic mass is 32.1. The van der Waals surface area contributed by atoms with E-state index in [0.717, 1.165) is 24.1 Å². The summed E-state index contributed by atoms with van der Waals surface area (Å²) in [6.45, 7) is 4.43. The molecular weight excluding hydrogens is 266 g/mol. The van der Waals surface area contributed by atoms with Crippen LogP contribution >= 0.6 is 11.3 Å². The molecule has 1 aromatic rings. The lowest BCUT2D eigenvalue weighted by atomic mass is 10.3. The first-order valence-corrected chi connectivity index (χ1v) is 7.15. The highest BCUT2D eigenvalue weighted by Crippen LogP contribution is 2.30. The number of rotatable bonds is 8. The van der Waals surface area contributed by atoms with Gasteiger partial charge in [0.05, 0.1) is 0 Å². The number of thiophene rings is 1. The van der Waals surface area contributed by atoms with Crippen molar-refractivity contribution in [1.82, 2.24) is 5.32 Å². The zero-order chi connectivity index (χ0) is 14.3. The first-order valence-electron chi connectivity index (χ1n) is 6.34. The van der Waals surface area contributed by atoms with E-state index < -0.39 is 5.97 Å². The van der Waals surface area contributed by atoms with Crippen LogP contribution in [0.25, 0.3) is 0 Å². The van der Waals surface area contributed by atoms with E-state index in [1.165, 1.54) is 11.3 Å². The minimum absolute atomic E-state index is 0.150. The SMILES string of the molecule is CCCNC(=O)COc1cc(CCC)sc1C(=O)O. The van der Waals surface area contributed by atoms with E-state index in [-0.39, 0.29) is 23.1 Å². The monoisotopic (exact) mass is 285 g/mol. The fourth-order valence-electron chi connectivity index (χ4n) is 1.51. The van der Waals surface area contributed by atoms with Gasteiger partial charge in [-0.25, -0.2) is 4.79 Å². The summed E-state index contributed by atoms with van der Waals surface area (Å²) in [6.07, 6.45) is 2.61. The minimum atomic E-state index is -1.02. The van der Waals surface area contributed by atoms with Crippen LogP contribution in [-0.4, -0.2) is 30.1 Å². The third-order valence-electron chi connectivity index (χ3n) is 2.37. The molecule has 19 heavy (non-hydrogen) atoms. The van der Waals surface area contributed by atoms with Crippen LogP contribution in [0, 0.1) is 0 Å². The molecule has 0 aliphatic heterocycles. The number of nitrogens with one attached hydrogen (secondary N) is 1. The van der Waals surface area contributed by atoms with Gasteiger partial charge in [-0.15, -0.1) is 11.3 Å². The molecule has 1 amide bonds. The van der Waals surface area contributed by atoms with Crippen LogP contribution in [0.5, 0.6) is 5.75 Å². The number of ether oxygens (including phenoxy) is 1. The number of hydrogen-bond donors (Lipinski definition) is 2. The summed E-state index contributed by atoms with van der Waals surface area (Å²) in [6, 6.07) is 1.71. The zero-order valence-corrected chi connectivity index (χ0v) is 12.0. The number of hydrogen-bond acceptors (Lipinski definition) is 4. The second kappa shape index (κ2) is 7.78. The molecule has 2 N–H and O–H groups in total. The maximum absolute atomic E-state index is 11.4. The second-order valence-corrected chi connectivity index (χ2v) is 5.24. The van der Waals surface area contributed by atoms with Gasteiger partial charge in [0, 0.05) is 11.4 Å². The molecule has 0 spiro atoms. The van der Waals surface area contributed by atoms with Gasteiger partial charge in [0.2, 0.25) is 0 Å². The van der Waals surface area contributed by atoms with Crippen LogP contribution in [0.3, 0.4) is 0 Å². The summed E-state index contributed by atoms with van der Waals surface area (Å²) in [4.78, 5) is 23.6. The van der Waals surface area contributed by atoms with Crippen LogP contribution in [0.4, 0.5) is 0 Å². The van der Waals surface area contributed by atoms with E-state index in [1.807, 2.05) is 13.8 Å². The van der Waals surface area contributed by atoms with E-state index in [2.05, 4.69) is 5.32 Å². The third-order valence-corrected chi connectivity index (χ3v) is 3.53. The van der Waals surface area contributed by atoms with E-state index in [1.54, 1.807) is 6.07 Å². The van der Waals surface area contributed by atoms with Crippen LogP contribution in [0.1, 0.15) is 41.2 Å². The number of carbonyl (C=O) groups excluding carboxylic acids is 1. The van der Waals surface area contributed by atoms with Gasteiger partial charge in [0.15, 0.2) is 11.5 Å². The summed E-state index contributed by atoms with van der Waals surface area (Å²) < 4.78 is 5.30. The van der Waals surface area contributed by atoms with Gasteiger partial charge < -0.3 is 15.2 Å². The number of aromatic carboxylic acids is 1. The Balaban J connectivity index is 2.65. The highest BCUT2D eigenvalue weighted by Gasteiger charge is 2.17. The molecule has 1 rings (SSSR count). The summed E-state index contributed by atoms with van der Waals surface area (Å²) in [5, 5.41) is 11.8. The van der Waals surface area contributed by atoms with Crippen LogP contribution in [-0.2, 0) is 11.2 Å². The summed E-state index contributed by atoms with van der Waals surface area (Å²) in [5.41, 5.74) is 0. The fourth-order valence-corrected chi connectivity index (χ4v) is 2.55. The van der Waals surface area contributed by atoms with Gasteiger partial charge in [-0.3, -0.25) is 4.79 Å². The average molecular weight is 285 g/mol. The largest absolute Gasteiger partial charge is 0.482 e. The first-order chi connectivity index (χ1) is 9.08. The number of aryl methyl sites for hydroxylation is 1. The summed E-state index contributed by atoms with van der Waals surface area (Å²) >= 11 is 1.21. The van der Waals surface area contributed by atoms with Crippen molar-refractivity contribution < 1.29 is 19.4 Å². The third kappa shape index (κ3) is 4.90. The van der Waals surface area contributed by atoms with Crippen molar-refractivity contribution in [3.05, 3.63) is 15.8 Å². The van der Waals surface area contributed by atoms with Gasteiger partial charge >= 0.3 is 5.97 Å². The Bertz CT molecular complexity index is 442. The van der Waals surface area contributed by atoms with Crippen molar-refractivity contribution in [1.29, 1.82) is 0 Å². The van der Waals surface area contributed by atoms with Crippen molar-refractivity contribution >= 4 is 23.2 Å². The van der Waals surface area contributed by atoms with Crippen molar-refractivity contribution in [2.24, 2.45) is 0 Å². The molecule has 1 heterocycles. The van der Waals surface area contributed by atoms with Crippen LogP contribution in [0.2, 0.25) is 0 Å². The Morgan fingerprint density at radius 2 is 2.11 bits per heavy atom. The summed E-state index contributed by atoms with van der Waals surface area (Å²) in [7, 11) is 0. The topological polar surface area (TPSA) is 75.6 Å². The minimum Gasteiger partial charge on any atom is -0.482 e. The average Bonchev–Trinajstić information content (AvgIpc) is 2.77. The van der Waals surface area contributed by atoms with Gasteiger partial charge in [0.25, 0.3) is 5.91 Å². The standard InChI is InChI=1S/C13H19NO4S/c1-3-5-9-7-10(12(19-9)13(16)17)18-8-11(15)14-6-4-2/h7H,3-6,8H2,1-2H3,(H,14,15)(H,16,17). The van der Waals surface area contributed by atoms with Gasteiger partial charge in [-0.05, 0) is 18.9 Å². The predicted octanol–water partition coefficient (Wildman–Crippen LogP) is 2.30. The lowest BCUT2D eigenvalue weighted by Gasteiger charge is -2.05. The maximum Gasteiger partial charge on any atom is 0.349 e. The molecule has 0 aliphatic rings. The molecule has 106 valence electrons. The van der Waals surface area contributed by atoms with E-state index >= 15 is 0 Å². The Morgan fingerprint density at radius 1 is 1.37 bits per heavy atom. The van der Waals surface area contributed by atoms with Gasteiger partial charge in [-0.1, -0.05) is 20.3 Å². The number of amides is 1. The molecule has 0 fully saturated rings. The second-order valence-electron chi connectivity index (χ2n) is 4.10. The number of carbonyl (C=O) groups is 2. The molecule has 1 aromatic heterocycles. The molecule has 0 aromatic carbocycles. The van der Waals surface area contributed by atoms with Crippen molar-refractivity contribution in [2.75, 3.05) is 13.2 Å². The quantitative estimate of drug-likeness (QED) is 0.768. The van der Waals surface area contributed by atoms with E-state index in [0.29, 0.717) is 6.54 Å². The normalized spacial score (nSPS) is 10.2. The van der Waals surface area contributed by atoms with Crippen LogP contribution in [0.15, 0.2) is 6.07 Å². The van der Waals surface area contributed by atoms with E-state index in [4.69, 9.17) is 9.84 Å². The van der Waals surface area contributed by atoms with Crippen molar-refractivity contribution in [3.63, 3.8) is 0 Å². The van der Waals surface area contributed by atoms with Gasteiger partial charge in [-0.2, -0.15) is 0 Å². The molecule has 0 saturated heterocycles. The first kappa shape index (κ1) is 15.5. The molecule has 0 radical (unpaired) electrons. The Morgan fingerprint density at radius 3 is 2.68 bits per heavy atom. The lowest BCUT2D eigenvalue weighted by molar-refractivity contribution is -0.123. The molecular formula is C13H19NO4S. The highest BCUT2D eigenvalue weighted by molar-refractivity contribution is 7.14.